The summed E-state index contributed by atoms with van der Waals surface area (Å²) < 4.78 is 17.4. The molecule has 0 fully saturated rings. The molecule has 20 heavy (non-hydrogen) atoms. The van der Waals surface area contributed by atoms with E-state index >= 15 is 0 Å². The maximum Gasteiger partial charge on any atom is 0.692 e. The van der Waals surface area contributed by atoms with Crippen molar-refractivity contribution in [2.45, 2.75) is 4.90 Å². The van der Waals surface area contributed by atoms with E-state index in [-0.39, 0.29) is 0 Å². The molecule has 4 N–H and O–H groups in total. The van der Waals surface area contributed by atoms with Crippen LogP contribution in [0, 0.1) is 0 Å². The van der Waals surface area contributed by atoms with Gasteiger partial charge < -0.3 is 0 Å². The molecule has 6 nitrogen and oxygen atoms in total. The molecule has 0 amide bonds. The molecule has 0 radical (unpaired) electrons. The van der Waals surface area contributed by atoms with E-state index in [0.717, 1.165) is 0 Å². The van der Waals surface area contributed by atoms with Gasteiger partial charge >= 0.3 is 16.5 Å². The van der Waals surface area contributed by atoms with Crippen molar-refractivity contribution in [3.63, 3.8) is 0 Å². The second kappa shape index (κ2) is 10.8. The average Bonchev–Trinajstić information content (AvgIpc) is 2.37. The van der Waals surface area contributed by atoms with Crippen LogP contribution in [-0.2, 0) is 9.13 Å². The zero-order chi connectivity index (χ0) is 15.5. The average molecular weight is 336 g/mol. The number of hydrogen-bond acceptors (Lipinski definition) is 3. The van der Waals surface area contributed by atoms with E-state index in [1.54, 1.807) is 11.8 Å². The number of thioether (sulfide) groups is 1. The van der Waals surface area contributed by atoms with E-state index in [9.17, 15) is 0 Å². The molecule has 0 unspecified atom stereocenters. The van der Waals surface area contributed by atoms with Crippen LogP contribution in [0.4, 0.5) is 0 Å². The Hall–Kier alpha value is -0.910. The van der Waals surface area contributed by atoms with Crippen molar-refractivity contribution in [3.05, 3.63) is 42.5 Å². The fraction of sp³-hybridized carbons (Fsp3) is 0.0909. The molecular weight excluding hydrogens is 322 g/mol. The Bertz CT molecular complexity index is 558. The summed E-state index contributed by atoms with van der Waals surface area (Å²) in [5.74, 6) is 0. The molecule has 0 bridgehead atoms. The largest absolute Gasteiger partial charge is 0.692 e. The second-order valence-corrected chi connectivity index (χ2v) is 5.11. The molecule has 0 saturated carbocycles. The van der Waals surface area contributed by atoms with Crippen LogP contribution in [0.5, 0.6) is 0 Å². The van der Waals surface area contributed by atoms with Gasteiger partial charge in [-0.1, -0.05) is 30.3 Å². The maximum atomic E-state index is 8.70. The van der Waals surface area contributed by atoms with E-state index < -0.39 is 16.5 Å². The summed E-state index contributed by atoms with van der Waals surface area (Å²) in [6.07, 6.45) is 2.10. The highest BCUT2D eigenvalue weighted by Gasteiger charge is 1.93. The summed E-state index contributed by atoms with van der Waals surface area (Å²) in [6.45, 7) is 0. The van der Waals surface area contributed by atoms with E-state index in [1.165, 1.54) is 15.7 Å². The predicted molar refractivity (Wildman–Crippen MR) is 79.8 cm³/mol. The van der Waals surface area contributed by atoms with E-state index in [1.807, 2.05) is 0 Å². The van der Waals surface area contributed by atoms with Gasteiger partial charge in [0.05, 0.1) is 0 Å². The van der Waals surface area contributed by atoms with Crippen molar-refractivity contribution in [3.8, 4) is 0 Å². The molecule has 0 aliphatic rings. The molecule has 9 heteroatoms. The quantitative estimate of drug-likeness (QED) is 0.467. The van der Waals surface area contributed by atoms with Crippen molar-refractivity contribution < 1.29 is 28.7 Å². The first-order chi connectivity index (χ1) is 9.36. The lowest BCUT2D eigenvalue weighted by atomic mass is 10.1. The lowest BCUT2D eigenvalue weighted by Gasteiger charge is -1.99. The molecule has 2 aromatic carbocycles. The fourth-order valence-corrected chi connectivity index (χ4v) is 1.74. The smallest absolute Gasteiger partial charge is 0.134 e. The van der Waals surface area contributed by atoms with Crippen LogP contribution in [0.25, 0.3) is 10.8 Å². The van der Waals surface area contributed by atoms with Gasteiger partial charge in [-0.3, -0.25) is 0 Å². The highest BCUT2D eigenvalue weighted by molar-refractivity contribution is 7.98. The SMILES string of the molecule is CSc1ccc2ccccc2c1.O=[P+](O)O.O=[P+](O)O. The predicted octanol–water partition coefficient (Wildman–Crippen LogP) is 2.82. The lowest BCUT2D eigenvalue weighted by Crippen LogP contribution is -1.72. The molecule has 0 aliphatic carbocycles. The summed E-state index contributed by atoms with van der Waals surface area (Å²) in [6, 6.07) is 15.0. The molecule has 2 rings (SSSR count). The Labute approximate surface area is 122 Å². The van der Waals surface area contributed by atoms with Gasteiger partial charge in [0, 0.05) is 14.0 Å². The molecule has 0 saturated heterocycles. The minimum Gasteiger partial charge on any atom is -0.134 e. The molecule has 0 aromatic heterocycles. The van der Waals surface area contributed by atoms with Gasteiger partial charge in [0.15, 0.2) is 0 Å². The standard InChI is InChI=1S/C11H10S.2HO3P/c1-12-11-7-6-9-4-2-3-5-10(9)8-11;2*1-4(2)3/h2-8H,1H3;2*(H-,1,2,3)/p+2. The third-order valence-electron chi connectivity index (χ3n) is 1.96. The van der Waals surface area contributed by atoms with Crippen molar-refractivity contribution in [2.75, 3.05) is 6.26 Å². The second-order valence-electron chi connectivity index (χ2n) is 3.22. The normalized spacial score (nSPS) is 8.85. The number of fused-ring (bicyclic) bond motifs is 1. The van der Waals surface area contributed by atoms with Crippen LogP contribution in [0.3, 0.4) is 0 Å². The molecular formula is C11H14O6P2S+2. The highest BCUT2D eigenvalue weighted by Crippen LogP contribution is 2.21. The van der Waals surface area contributed by atoms with Gasteiger partial charge in [-0.25, -0.2) is 0 Å². The Morgan fingerprint density at radius 2 is 1.30 bits per heavy atom. The Balaban J connectivity index is 0.000000380. The van der Waals surface area contributed by atoms with Crippen molar-refractivity contribution in [1.82, 2.24) is 0 Å². The van der Waals surface area contributed by atoms with Crippen LogP contribution < -0.4 is 0 Å². The molecule has 0 aliphatic heterocycles. The third-order valence-corrected chi connectivity index (χ3v) is 2.68. The van der Waals surface area contributed by atoms with Gasteiger partial charge in [-0.05, 0) is 29.2 Å². The van der Waals surface area contributed by atoms with Crippen molar-refractivity contribution in [1.29, 1.82) is 0 Å². The van der Waals surface area contributed by atoms with Crippen molar-refractivity contribution >= 4 is 39.0 Å². The number of benzene rings is 2. The first kappa shape index (κ1) is 19.1. The Morgan fingerprint density at radius 3 is 1.75 bits per heavy atom. The van der Waals surface area contributed by atoms with E-state index in [0.29, 0.717) is 0 Å². The molecule has 0 atom stereocenters. The number of hydrogen-bond donors (Lipinski definition) is 4. The minimum absolute atomic E-state index is 1.32. The van der Waals surface area contributed by atoms with Gasteiger partial charge in [0.2, 0.25) is 0 Å². The summed E-state index contributed by atoms with van der Waals surface area (Å²) in [5.41, 5.74) is 0. The van der Waals surface area contributed by atoms with Crippen LogP contribution in [0.1, 0.15) is 0 Å². The van der Waals surface area contributed by atoms with Crippen LogP contribution in [-0.4, -0.2) is 25.8 Å². The Morgan fingerprint density at radius 1 is 0.850 bits per heavy atom. The van der Waals surface area contributed by atoms with Crippen LogP contribution in [0.15, 0.2) is 47.4 Å². The monoisotopic (exact) mass is 336 g/mol. The van der Waals surface area contributed by atoms with E-state index in [2.05, 4.69) is 48.7 Å². The lowest BCUT2D eigenvalue weighted by molar-refractivity contribution is 0.403. The first-order valence-corrected chi connectivity index (χ1v) is 8.65. The molecule has 2 aromatic rings. The topological polar surface area (TPSA) is 115 Å². The van der Waals surface area contributed by atoms with Crippen LogP contribution >= 0.6 is 28.3 Å². The fourth-order valence-electron chi connectivity index (χ4n) is 1.29. The summed E-state index contributed by atoms with van der Waals surface area (Å²) in [4.78, 5) is 29.8. The molecule has 0 heterocycles. The molecule has 108 valence electrons. The summed E-state index contributed by atoms with van der Waals surface area (Å²) in [7, 11) is -5.74. The van der Waals surface area contributed by atoms with Gasteiger partial charge in [-0.15, -0.1) is 31.3 Å². The van der Waals surface area contributed by atoms with Crippen molar-refractivity contribution in [2.24, 2.45) is 0 Å². The summed E-state index contributed by atoms with van der Waals surface area (Å²) in [5, 5.41) is 2.64. The zero-order valence-electron chi connectivity index (χ0n) is 10.4. The minimum atomic E-state index is -2.87. The first-order valence-electron chi connectivity index (χ1n) is 5.09. The maximum absolute atomic E-state index is 8.70. The van der Waals surface area contributed by atoms with Gasteiger partial charge in [0.25, 0.3) is 0 Å². The molecule has 0 spiro atoms. The van der Waals surface area contributed by atoms with Gasteiger partial charge in [-0.2, -0.15) is 0 Å². The van der Waals surface area contributed by atoms with Crippen LogP contribution in [0.2, 0.25) is 0 Å². The zero-order valence-corrected chi connectivity index (χ0v) is 13.1. The highest BCUT2D eigenvalue weighted by atomic mass is 32.2. The summed E-state index contributed by atoms with van der Waals surface area (Å²) >= 11 is 1.78. The Kier molecular flexibility index (Phi) is 10.3. The number of rotatable bonds is 1. The van der Waals surface area contributed by atoms with E-state index in [4.69, 9.17) is 28.7 Å². The van der Waals surface area contributed by atoms with Gasteiger partial charge in [0.1, 0.15) is 0 Å². The third kappa shape index (κ3) is 9.95.